The molecule has 2 saturated heterocycles. The monoisotopic (exact) mass is 583 g/mol. The summed E-state index contributed by atoms with van der Waals surface area (Å²) in [6.07, 6.45) is 1.81. The number of aromatic nitrogens is 1. The van der Waals surface area contributed by atoms with Crippen molar-refractivity contribution in [2.45, 2.75) is 49.2 Å². The smallest absolute Gasteiger partial charge is 0.385 e. The van der Waals surface area contributed by atoms with Gasteiger partial charge in [0.2, 0.25) is 5.91 Å². The summed E-state index contributed by atoms with van der Waals surface area (Å²) >= 11 is 1.67. The molecule has 3 aliphatic heterocycles. The first-order chi connectivity index (χ1) is 19.8. The number of alkyl halides is 3. The number of aryl methyl sites for hydroxylation is 1. The summed E-state index contributed by atoms with van der Waals surface area (Å²) in [5, 5.41) is 7.70. The number of thioether (sulfide) groups is 1. The summed E-state index contributed by atoms with van der Waals surface area (Å²) < 4.78 is 39.2. The van der Waals surface area contributed by atoms with Crippen molar-refractivity contribution < 1.29 is 18.0 Å². The molecule has 0 radical (unpaired) electrons. The summed E-state index contributed by atoms with van der Waals surface area (Å²) in [5.41, 5.74) is 3.52. The Labute approximate surface area is 243 Å². The third-order valence-corrected chi connectivity index (χ3v) is 9.93. The van der Waals surface area contributed by atoms with Crippen LogP contribution < -0.4 is 15.5 Å². The number of rotatable bonds is 7. The number of amides is 1. The highest BCUT2D eigenvalue weighted by Gasteiger charge is 2.31. The maximum Gasteiger partial charge on any atom is 0.416 e. The predicted molar refractivity (Wildman–Crippen MR) is 159 cm³/mol. The van der Waals surface area contributed by atoms with Crippen molar-refractivity contribution in [2.75, 3.05) is 55.2 Å². The van der Waals surface area contributed by atoms with Gasteiger partial charge in [0.1, 0.15) is 0 Å². The maximum atomic E-state index is 13.1. The lowest BCUT2D eigenvalue weighted by atomic mass is 9.94. The first kappa shape index (κ1) is 28.2. The van der Waals surface area contributed by atoms with E-state index in [9.17, 15) is 18.0 Å². The normalized spacial score (nSPS) is 19.6. The van der Waals surface area contributed by atoms with E-state index in [4.69, 9.17) is 0 Å². The Morgan fingerprint density at radius 3 is 2.76 bits per heavy atom. The standard InChI is InChI=1S/C31H36F3N5OS/c32-31(33,34)23-2-5-26-27(18-23)37-11-7-29(26)41-20-21-9-14-38(15-10-21)30(40)8-12-36-24-3-6-28-22(17-24)1-4-25-19-35-13-16-39(25)28/h2-3,5-7,11,17-18,21,25,35-36H,1,4,8-10,12-16,19-20H2. The van der Waals surface area contributed by atoms with Gasteiger partial charge in [0.25, 0.3) is 0 Å². The first-order valence-electron chi connectivity index (χ1n) is 14.6. The molecule has 2 fully saturated rings. The van der Waals surface area contributed by atoms with Crippen LogP contribution in [-0.2, 0) is 17.4 Å². The second kappa shape index (κ2) is 12.1. The summed E-state index contributed by atoms with van der Waals surface area (Å²) in [6.45, 7) is 5.28. The largest absolute Gasteiger partial charge is 0.416 e. The van der Waals surface area contributed by atoms with Crippen molar-refractivity contribution in [2.24, 2.45) is 5.92 Å². The minimum atomic E-state index is -4.38. The van der Waals surface area contributed by atoms with Gasteiger partial charge in [-0.2, -0.15) is 13.2 Å². The molecule has 4 heterocycles. The van der Waals surface area contributed by atoms with Gasteiger partial charge < -0.3 is 20.4 Å². The Morgan fingerprint density at radius 2 is 1.93 bits per heavy atom. The molecule has 1 amide bonds. The number of hydrogen-bond donors (Lipinski definition) is 2. The van der Waals surface area contributed by atoms with E-state index in [-0.39, 0.29) is 5.91 Å². The van der Waals surface area contributed by atoms with Crippen LogP contribution in [0.25, 0.3) is 10.9 Å². The number of pyridine rings is 1. The van der Waals surface area contributed by atoms with Crippen molar-refractivity contribution in [3.8, 4) is 0 Å². The Hall–Kier alpha value is -2.98. The molecule has 10 heteroatoms. The molecule has 6 nitrogen and oxygen atoms in total. The minimum absolute atomic E-state index is 0.186. The average Bonchev–Trinajstić information content (AvgIpc) is 2.99. The molecule has 0 bridgehead atoms. The molecule has 1 unspecified atom stereocenters. The number of piperazine rings is 1. The number of carbonyl (C=O) groups excluding carboxylic acids is 1. The molecule has 0 aliphatic carbocycles. The van der Waals surface area contributed by atoms with Crippen LogP contribution in [0.1, 0.15) is 36.8 Å². The lowest BCUT2D eigenvalue weighted by molar-refractivity contribution is -0.137. The van der Waals surface area contributed by atoms with Crippen LogP contribution >= 0.6 is 11.8 Å². The summed E-state index contributed by atoms with van der Waals surface area (Å²) in [7, 11) is 0. The van der Waals surface area contributed by atoms with E-state index >= 15 is 0 Å². The molecule has 2 aromatic carbocycles. The van der Waals surface area contributed by atoms with E-state index in [1.165, 1.54) is 23.7 Å². The Balaban J connectivity index is 0.949. The highest BCUT2D eigenvalue weighted by Crippen LogP contribution is 2.36. The lowest BCUT2D eigenvalue weighted by Crippen LogP contribution is -2.53. The number of fused-ring (bicyclic) bond motifs is 4. The SMILES string of the molecule is O=C(CCNc1ccc2c(c1)CCC1CNCCN21)N1CCC(CSc2ccnc3cc(C(F)(F)F)ccc23)CC1. The number of hydrogen-bond acceptors (Lipinski definition) is 6. The predicted octanol–water partition coefficient (Wildman–Crippen LogP) is 5.81. The molecule has 1 atom stereocenters. The topological polar surface area (TPSA) is 60.5 Å². The van der Waals surface area contributed by atoms with Gasteiger partial charge in [-0.05, 0) is 73.6 Å². The number of benzene rings is 2. The van der Waals surface area contributed by atoms with E-state index in [2.05, 4.69) is 38.7 Å². The van der Waals surface area contributed by atoms with Crippen LogP contribution in [-0.4, -0.2) is 66.9 Å². The van der Waals surface area contributed by atoms with Gasteiger partial charge in [0, 0.05) is 85.3 Å². The second-order valence-corrected chi connectivity index (χ2v) is 12.3. The van der Waals surface area contributed by atoms with Crippen LogP contribution in [0.3, 0.4) is 0 Å². The van der Waals surface area contributed by atoms with Gasteiger partial charge in [-0.3, -0.25) is 9.78 Å². The van der Waals surface area contributed by atoms with Gasteiger partial charge in [-0.1, -0.05) is 6.07 Å². The Bertz CT molecular complexity index is 1390. The van der Waals surface area contributed by atoms with Gasteiger partial charge in [-0.25, -0.2) is 0 Å². The lowest BCUT2D eigenvalue weighted by Gasteiger charge is -2.42. The zero-order chi connectivity index (χ0) is 28.4. The Kier molecular flexibility index (Phi) is 8.30. The van der Waals surface area contributed by atoms with Crippen LogP contribution in [0, 0.1) is 5.92 Å². The highest BCUT2D eigenvalue weighted by atomic mass is 32.2. The molecule has 0 saturated carbocycles. The van der Waals surface area contributed by atoms with Gasteiger partial charge in [0.05, 0.1) is 11.1 Å². The molecule has 41 heavy (non-hydrogen) atoms. The number of piperidine rings is 1. The summed E-state index contributed by atoms with van der Waals surface area (Å²) in [5.74, 6) is 1.52. The molecule has 1 aromatic heterocycles. The van der Waals surface area contributed by atoms with E-state index in [1.807, 2.05) is 11.0 Å². The quantitative estimate of drug-likeness (QED) is 0.343. The zero-order valence-electron chi connectivity index (χ0n) is 23.1. The van der Waals surface area contributed by atoms with Crippen LogP contribution in [0.2, 0.25) is 0 Å². The molecule has 6 rings (SSSR count). The van der Waals surface area contributed by atoms with Crippen LogP contribution in [0.15, 0.2) is 53.6 Å². The summed E-state index contributed by atoms with van der Waals surface area (Å²) in [6, 6.07) is 12.9. The van der Waals surface area contributed by atoms with Gasteiger partial charge in [-0.15, -0.1) is 11.8 Å². The molecule has 2 N–H and O–H groups in total. The van der Waals surface area contributed by atoms with Gasteiger partial charge in [0.15, 0.2) is 0 Å². The van der Waals surface area contributed by atoms with E-state index < -0.39 is 11.7 Å². The van der Waals surface area contributed by atoms with E-state index in [0.717, 1.165) is 85.8 Å². The fourth-order valence-corrected chi connectivity index (χ4v) is 7.52. The maximum absolute atomic E-state index is 13.1. The fourth-order valence-electron chi connectivity index (χ4n) is 6.29. The zero-order valence-corrected chi connectivity index (χ0v) is 23.9. The minimum Gasteiger partial charge on any atom is -0.385 e. The number of anilines is 2. The molecule has 3 aliphatic rings. The average molecular weight is 584 g/mol. The first-order valence-corrected chi connectivity index (χ1v) is 15.5. The van der Waals surface area contributed by atoms with Crippen molar-refractivity contribution in [1.29, 1.82) is 0 Å². The summed E-state index contributed by atoms with van der Waals surface area (Å²) in [4.78, 5) is 22.5. The Morgan fingerprint density at radius 1 is 1.07 bits per heavy atom. The third kappa shape index (κ3) is 6.43. The van der Waals surface area contributed by atoms with Crippen molar-refractivity contribution in [3.05, 3.63) is 59.8 Å². The number of halogens is 3. The molecular formula is C31H36F3N5OS. The van der Waals surface area contributed by atoms with Crippen LogP contribution in [0.5, 0.6) is 0 Å². The molecule has 3 aromatic rings. The fraction of sp³-hybridized carbons (Fsp3) is 0.484. The molecule has 0 spiro atoms. The van der Waals surface area contributed by atoms with E-state index in [1.54, 1.807) is 18.0 Å². The number of carbonyl (C=O) groups is 1. The molecular weight excluding hydrogens is 547 g/mol. The van der Waals surface area contributed by atoms with Crippen molar-refractivity contribution in [1.82, 2.24) is 15.2 Å². The number of nitrogens with one attached hydrogen (secondary N) is 2. The van der Waals surface area contributed by atoms with Crippen molar-refractivity contribution in [3.63, 3.8) is 0 Å². The van der Waals surface area contributed by atoms with E-state index in [0.29, 0.717) is 30.4 Å². The van der Waals surface area contributed by atoms with Crippen LogP contribution in [0.4, 0.5) is 24.5 Å². The highest BCUT2D eigenvalue weighted by molar-refractivity contribution is 7.99. The van der Waals surface area contributed by atoms with Crippen molar-refractivity contribution >= 4 is 39.9 Å². The molecule has 218 valence electrons. The number of likely N-dealkylation sites (tertiary alicyclic amines) is 1. The second-order valence-electron chi connectivity index (χ2n) is 11.3. The van der Waals surface area contributed by atoms with Gasteiger partial charge >= 0.3 is 6.18 Å². The number of nitrogens with zero attached hydrogens (tertiary/aromatic N) is 3. The third-order valence-electron chi connectivity index (χ3n) is 8.63.